The van der Waals surface area contributed by atoms with Crippen LogP contribution in [0.2, 0.25) is 5.02 Å². The molecule has 0 radical (unpaired) electrons. The van der Waals surface area contributed by atoms with E-state index in [0.29, 0.717) is 33.8 Å². The van der Waals surface area contributed by atoms with Crippen molar-refractivity contribution in [2.75, 3.05) is 57.1 Å². The molecule has 3 N–H and O–H groups in total. The largest absolute Gasteiger partial charge is 0.391 e. The number of nitrogens with two attached hydrogens (primary N) is 1. The van der Waals surface area contributed by atoms with Crippen LogP contribution in [0.25, 0.3) is 22.3 Å². The second-order valence-corrected chi connectivity index (χ2v) is 11.6. The van der Waals surface area contributed by atoms with Gasteiger partial charge in [0.05, 0.1) is 35.1 Å². The Kier molecular flexibility index (Phi) is 7.77. The van der Waals surface area contributed by atoms with Crippen molar-refractivity contribution < 1.29 is 14.2 Å². The third kappa shape index (κ3) is 5.45. The summed E-state index contributed by atoms with van der Waals surface area (Å²) in [5.41, 5.74) is 8.19. The van der Waals surface area contributed by atoms with Crippen LogP contribution < -0.4 is 10.6 Å². The van der Waals surface area contributed by atoms with Crippen molar-refractivity contribution in [2.45, 2.75) is 51.7 Å². The first-order chi connectivity index (χ1) is 18.2. The van der Waals surface area contributed by atoms with E-state index in [1.54, 1.807) is 0 Å². The van der Waals surface area contributed by atoms with Gasteiger partial charge in [0.1, 0.15) is 5.52 Å². The van der Waals surface area contributed by atoms with Crippen molar-refractivity contribution in [3.05, 3.63) is 29.2 Å². The number of fused-ring (bicyclic) bond motifs is 1. The number of nitrogens with zero attached hydrogens (tertiary/aromatic N) is 6. The zero-order valence-electron chi connectivity index (χ0n) is 22.3. The molecule has 1 atom stereocenters. The first kappa shape index (κ1) is 27.1. The highest BCUT2D eigenvalue weighted by molar-refractivity contribution is 6.33. The van der Waals surface area contributed by atoms with Gasteiger partial charge in [-0.1, -0.05) is 11.6 Å². The molecule has 38 heavy (non-hydrogen) atoms. The lowest BCUT2D eigenvalue weighted by Gasteiger charge is -2.54. The van der Waals surface area contributed by atoms with Gasteiger partial charge >= 0.3 is 0 Å². The van der Waals surface area contributed by atoms with E-state index < -0.39 is 5.82 Å². The van der Waals surface area contributed by atoms with Crippen LogP contribution in [0.3, 0.4) is 0 Å². The van der Waals surface area contributed by atoms with Crippen LogP contribution in [0.4, 0.5) is 16.3 Å². The molecule has 3 saturated heterocycles. The lowest BCUT2D eigenvalue weighted by Crippen LogP contribution is -2.60. The SMILES string of the molecule is CC(C)n1c(N2CC3(CCN(C)CC3)C2)nc2c(F)cc(-c3nc(N)ncc3Cl)cc21.OC1CCCOC1. The number of hydrogen-bond donors (Lipinski definition) is 2. The van der Waals surface area contributed by atoms with Crippen molar-refractivity contribution >= 4 is 34.5 Å². The minimum absolute atomic E-state index is 0.0990. The molecule has 0 bridgehead atoms. The highest BCUT2D eigenvalue weighted by atomic mass is 35.5. The summed E-state index contributed by atoms with van der Waals surface area (Å²) < 4.78 is 22.2. The number of hydrogen-bond acceptors (Lipinski definition) is 8. The Balaban J connectivity index is 0.000000366. The van der Waals surface area contributed by atoms with Gasteiger partial charge in [-0.05, 0) is 71.8 Å². The second-order valence-electron chi connectivity index (χ2n) is 11.2. The van der Waals surface area contributed by atoms with Crippen molar-refractivity contribution in [1.29, 1.82) is 0 Å². The maximum Gasteiger partial charge on any atom is 0.220 e. The molecule has 5 heterocycles. The number of aromatic nitrogens is 4. The quantitative estimate of drug-likeness (QED) is 0.506. The molecule has 206 valence electrons. The van der Waals surface area contributed by atoms with E-state index in [4.69, 9.17) is 32.2 Å². The smallest absolute Gasteiger partial charge is 0.220 e. The first-order valence-electron chi connectivity index (χ1n) is 13.3. The minimum atomic E-state index is -0.393. The number of piperidine rings is 1. The Morgan fingerprint density at radius 2 is 1.95 bits per heavy atom. The zero-order chi connectivity index (χ0) is 27.0. The second kappa shape index (κ2) is 10.9. The van der Waals surface area contributed by atoms with E-state index in [1.807, 2.05) is 6.07 Å². The molecule has 3 aliphatic rings. The number of anilines is 2. The van der Waals surface area contributed by atoms with Crippen LogP contribution in [0.5, 0.6) is 0 Å². The highest BCUT2D eigenvalue weighted by Gasteiger charge is 2.46. The molecular weight excluding hydrogens is 509 g/mol. The molecule has 3 fully saturated rings. The number of aliphatic hydroxyl groups is 1. The fourth-order valence-corrected chi connectivity index (χ4v) is 5.83. The van der Waals surface area contributed by atoms with E-state index in [0.717, 1.165) is 57.1 Å². The van der Waals surface area contributed by atoms with Crippen LogP contribution in [-0.2, 0) is 4.74 Å². The Labute approximate surface area is 227 Å². The molecule has 0 saturated carbocycles. The number of benzene rings is 1. The van der Waals surface area contributed by atoms with Crippen LogP contribution in [0, 0.1) is 11.2 Å². The van der Waals surface area contributed by atoms with E-state index in [1.165, 1.54) is 25.1 Å². The molecule has 3 aromatic rings. The Hall–Kier alpha value is -2.53. The fraction of sp³-hybridized carbons (Fsp3) is 0.593. The number of imidazole rings is 1. The summed E-state index contributed by atoms with van der Waals surface area (Å²) in [7, 11) is 2.18. The van der Waals surface area contributed by atoms with Gasteiger partial charge in [0.2, 0.25) is 11.9 Å². The minimum Gasteiger partial charge on any atom is -0.391 e. The van der Waals surface area contributed by atoms with E-state index in [2.05, 4.69) is 45.2 Å². The summed E-state index contributed by atoms with van der Waals surface area (Å²) in [6.07, 6.45) is 5.59. The number of halogens is 2. The normalized spacial score (nSPS) is 21.4. The van der Waals surface area contributed by atoms with Crippen LogP contribution in [0.15, 0.2) is 18.3 Å². The van der Waals surface area contributed by atoms with Gasteiger partial charge in [-0.3, -0.25) is 0 Å². The fourth-order valence-electron chi connectivity index (χ4n) is 5.63. The van der Waals surface area contributed by atoms with E-state index in [9.17, 15) is 0 Å². The van der Waals surface area contributed by atoms with Gasteiger partial charge in [-0.2, -0.15) is 0 Å². The van der Waals surface area contributed by atoms with Gasteiger partial charge in [0.15, 0.2) is 5.82 Å². The van der Waals surface area contributed by atoms with Crippen LogP contribution >= 0.6 is 11.6 Å². The van der Waals surface area contributed by atoms with Crippen molar-refractivity contribution in [3.8, 4) is 11.3 Å². The number of nitrogen functional groups attached to an aromatic ring is 1. The first-order valence-corrected chi connectivity index (χ1v) is 13.7. The number of likely N-dealkylation sites (tertiary alicyclic amines) is 1. The van der Waals surface area contributed by atoms with Gasteiger partial charge < -0.3 is 29.9 Å². The third-order valence-electron chi connectivity index (χ3n) is 7.80. The molecule has 1 unspecified atom stereocenters. The van der Waals surface area contributed by atoms with Gasteiger partial charge in [-0.15, -0.1) is 0 Å². The zero-order valence-corrected chi connectivity index (χ0v) is 23.1. The number of ether oxygens (including phenoxy) is 1. The topological polar surface area (TPSA) is 106 Å². The maximum atomic E-state index is 15.2. The molecule has 0 amide bonds. The molecule has 11 heteroatoms. The summed E-state index contributed by atoms with van der Waals surface area (Å²) in [6, 6.07) is 3.44. The monoisotopic (exact) mass is 545 g/mol. The lowest BCUT2D eigenvalue weighted by molar-refractivity contribution is -0.00535. The molecule has 6 rings (SSSR count). The summed E-state index contributed by atoms with van der Waals surface area (Å²) >= 11 is 6.28. The lowest BCUT2D eigenvalue weighted by atomic mass is 9.72. The summed E-state index contributed by atoms with van der Waals surface area (Å²) in [5, 5.41) is 9.11. The van der Waals surface area contributed by atoms with E-state index >= 15 is 4.39 Å². The highest BCUT2D eigenvalue weighted by Crippen LogP contribution is 2.44. The van der Waals surface area contributed by atoms with Gasteiger partial charge in [0.25, 0.3) is 0 Å². The standard InChI is InChI=1S/C22H27ClFN7.C5H10O2/c1-13(2)31-17-9-14(18-15(23)10-26-20(25)27-18)8-16(24)19(17)28-21(31)30-11-22(12-30)4-6-29(3)7-5-22;6-5-2-1-3-7-4-5/h8-10,13H,4-7,11-12H2,1-3H3,(H2,25,26,27);5-6H,1-4H2. The number of aliphatic hydroxyl groups excluding tert-OH is 1. The molecule has 2 aromatic heterocycles. The molecule has 1 spiro atoms. The van der Waals surface area contributed by atoms with Crippen LogP contribution in [-0.4, -0.2) is 82.1 Å². The predicted octanol–water partition coefficient (Wildman–Crippen LogP) is 4.14. The summed E-state index contributed by atoms with van der Waals surface area (Å²) in [5.74, 6) is 0.539. The van der Waals surface area contributed by atoms with Crippen molar-refractivity contribution in [3.63, 3.8) is 0 Å². The molecule has 3 aliphatic heterocycles. The average Bonchev–Trinajstić information content (AvgIpc) is 3.26. The Bertz CT molecular complexity index is 1280. The summed E-state index contributed by atoms with van der Waals surface area (Å²) in [6.45, 7) is 9.77. The third-order valence-corrected chi connectivity index (χ3v) is 8.08. The van der Waals surface area contributed by atoms with Crippen molar-refractivity contribution in [2.24, 2.45) is 5.41 Å². The molecular formula is C27H37ClFN7O2. The number of rotatable bonds is 3. The van der Waals surface area contributed by atoms with Crippen molar-refractivity contribution in [1.82, 2.24) is 24.4 Å². The summed E-state index contributed by atoms with van der Waals surface area (Å²) in [4.78, 5) is 17.5. The maximum absolute atomic E-state index is 15.2. The van der Waals surface area contributed by atoms with Crippen LogP contribution in [0.1, 0.15) is 45.6 Å². The molecule has 9 nitrogen and oxygen atoms in total. The van der Waals surface area contributed by atoms with Gasteiger partial charge in [-0.25, -0.2) is 19.3 Å². The Morgan fingerprint density at radius 3 is 2.55 bits per heavy atom. The Morgan fingerprint density at radius 1 is 1.21 bits per heavy atom. The predicted molar refractivity (Wildman–Crippen MR) is 148 cm³/mol. The van der Waals surface area contributed by atoms with E-state index in [-0.39, 0.29) is 18.1 Å². The molecule has 0 aliphatic carbocycles. The van der Waals surface area contributed by atoms with Gasteiger partial charge in [0, 0.05) is 36.7 Å². The average molecular weight is 546 g/mol. The molecule has 1 aromatic carbocycles.